The number of pyridine rings is 1. The van der Waals surface area contributed by atoms with Crippen LogP contribution in [0.4, 0.5) is 10.2 Å². The molecule has 4 heterocycles. The standard InChI is InChI=1S/C20H17ClFN7O/c1-2-28-19-11-6-17(20(23)24-9-11)30-10-12-5-13(22)3-4-16(12)29-14(8-18(21)26-29)7-15(19)25-27-28/h3-6,8-9H,2,7,10H2,1H3,(H2,23,24). The molecule has 0 saturated carbocycles. The number of hydrogen-bond acceptors (Lipinski definition) is 6. The lowest BCUT2D eigenvalue weighted by Crippen LogP contribution is -2.11. The molecule has 30 heavy (non-hydrogen) atoms. The van der Waals surface area contributed by atoms with E-state index in [1.54, 1.807) is 27.7 Å². The van der Waals surface area contributed by atoms with Crippen LogP contribution in [-0.2, 0) is 19.6 Å². The summed E-state index contributed by atoms with van der Waals surface area (Å²) in [7, 11) is 0. The number of aryl methyl sites for hydroxylation is 1. The average Bonchev–Trinajstić information content (AvgIpc) is 3.30. The van der Waals surface area contributed by atoms with Crippen LogP contribution in [0.15, 0.2) is 36.5 Å². The molecule has 0 saturated heterocycles. The molecular formula is C20H17ClFN7O. The summed E-state index contributed by atoms with van der Waals surface area (Å²) >= 11 is 6.23. The summed E-state index contributed by atoms with van der Waals surface area (Å²) < 4.78 is 23.4. The lowest BCUT2D eigenvalue weighted by molar-refractivity contribution is 0.305. The number of aromatic nitrogens is 6. The minimum Gasteiger partial charge on any atom is -0.485 e. The van der Waals surface area contributed by atoms with E-state index in [-0.39, 0.29) is 18.2 Å². The van der Waals surface area contributed by atoms with Crippen LogP contribution in [-0.4, -0.2) is 29.8 Å². The molecule has 5 rings (SSSR count). The number of nitrogens with zero attached hydrogens (tertiary/aromatic N) is 6. The quantitative estimate of drug-likeness (QED) is 0.502. The van der Waals surface area contributed by atoms with Crippen LogP contribution in [0.25, 0.3) is 16.9 Å². The number of anilines is 1. The summed E-state index contributed by atoms with van der Waals surface area (Å²) in [5.41, 5.74) is 10.4. The van der Waals surface area contributed by atoms with Gasteiger partial charge >= 0.3 is 0 Å². The summed E-state index contributed by atoms with van der Waals surface area (Å²) in [5.74, 6) is 0.266. The van der Waals surface area contributed by atoms with Gasteiger partial charge in [0, 0.05) is 30.3 Å². The number of benzene rings is 1. The fourth-order valence-corrected chi connectivity index (χ4v) is 3.83. The number of nitrogens with two attached hydrogens (primary N) is 1. The lowest BCUT2D eigenvalue weighted by Gasteiger charge is -2.16. The van der Waals surface area contributed by atoms with Crippen LogP contribution in [0, 0.1) is 5.82 Å². The highest BCUT2D eigenvalue weighted by Crippen LogP contribution is 2.32. The van der Waals surface area contributed by atoms with Crippen molar-refractivity contribution in [2.75, 3.05) is 5.73 Å². The van der Waals surface area contributed by atoms with Gasteiger partial charge in [-0.05, 0) is 37.3 Å². The molecule has 3 aromatic heterocycles. The Balaban J connectivity index is 1.78. The van der Waals surface area contributed by atoms with Crippen molar-refractivity contribution < 1.29 is 9.13 Å². The first kappa shape index (κ1) is 18.6. The van der Waals surface area contributed by atoms with Gasteiger partial charge in [0.1, 0.15) is 12.4 Å². The summed E-state index contributed by atoms with van der Waals surface area (Å²) in [6.07, 6.45) is 2.09. The maximum absolute atomic E-state index is 14.0. The minimum absolute atomic E-state index is 0.0808. The zero-order chi connectivity index (χ0) is 20.8. The number of rotatable bonds is 1. The fourth-order valence-electron chi connectivity index (χ4n) is 3.63. The Morgan fingerprint density at radius 1 is 1.27 bits per heavy atom. The number of halogens is 2. The molecule has 0 unspecified atom stereocenters. The van der Waals surface area contributed by atoms with Gasteiger partial charge in [-0.25, -0.2) is 18.7 Å². The van der Waals surface area contributed by atoms with Gasteiger partial charge in [0.15, 0.2) is 16.7 Å². The maximum atomic E-state index is 14.0. The highest BCUT2D eigenvalue weighted by atomic mass is 35.5. The third kappa shape index (κ3) is 3.07. The van der Waals surface area contributed by atoms with Crippen molar-refractivity contribution in [3.8, 4) is 22.7 Å². The highest BCUT2D eigenvalue weighted by Gasteiger charge is 2.22. The van der Waals surface area contributed by atoms with Crippen molar-refractivity contribution in [1.82, 2.24) is 29.8 Å². The third-order valence-electron chi connectivity index (χ3n) is 5.01. The SMILES string of the molecule is CCn1nnc2c1-c1cnc(N)c(c1)OCc1cc(F)ccc1-n1nc(Cl)cc1C2. The van der Waals surface area contributed by atoms with Crippen molar-refractivity contribution in [1.29, 1.82) is 0 Å². The van der Waals surface area contributed by atoms with E-state index in [0.717, 1.165) is 22.6 Å². The predicted molar refractivity (Wildman–Crippen MR) is 109 cm³/mol. The smallest absolute Gasteiger partial charge is 0.166 e. The van der Waals surface area contributed by atoms with E-state index >= 15 is 0 Å². The zero-order valence-electron chi connectivity index (χ0n) is 16.0. The van der Waals surface area contributed by atoms with Gasteiger partial charge < -0.3 is 10.5 Å². The van der Waals surface area contributed by atoms with Gasteiger partial charge in [-0.2, -0.15) is 5.10 Å². The predicted octanol–water partition coefficient (Wildman–Crippen LogP) is 3.40. The van der Waals surface area contributed by atoms with E-state index in [4.69, 9.17) is 22.1 Å². The largest absolute Gasteiger partial charge is 0.485 e. The van der Waals surface area contributed by atoms with Crippen molar-refractivity contribution in [2.45, 2.75) is 26.5 Å². The second-order valence-electron chi connectivity index (χ2n) is 6.92. The molecule has 0 aliphatic carbocycles. The zero-order valence-corrected chi connectivity index (χ0v) is 16.8. The van der Waals surface area contributed by atoms with Gasteiger partial charge in [0.05, 0.1) is 22.8 Å². The van der Waals surface area contributed by atoms with Crippen molar-refractivity contribution in [3.63, 3.8) is 0 Å². The van der Waals surface area contributed by atoms with Crippen LogP contribution in [0.1, 0.15) is 23.9 Å². The van der Waals surface area contributed by atoms with E-state index < -0.39 is 0 Å². The molecule has 152 valence electrons. The Bertz CT molecular complexity index is 1270. The van der Waals surface area contributed by atoms with Crippen molar-refractivity contribution in [3.05, 3.63) is 64.5 Å². The third-order valence-corrected chi connectivity index (χ3v) is 5.20. The molecule has 0 spiro atoms. The van der Waals surface area contributed by atoms with E-state index in [2.05, 4.69) is 20.4 Å². The molecule has 0 fully saturated rings. The number of ether oxygens (including phenoxy) is 1. The molecule has 10 heteroatoms. The Labute approximate surface area is 176 Å². The van der Waals surface area contributed by atoms with E-state index in [9.17, 15) is 4.39 Å². The van der Waals surface area contributed by atoms with Gasteiger partial charge in [-0.3, -0.25) is 0 Å². The first-order chi connectivity index (χ1) is 14.5. The fraction of sp³-hybridized carbons (Fsp3) is 0.200. The minimum atomic E-state index is -0.378. The van der Waals surface area contributed by atoms with Crippen LogP contribution < -0.4 is 10.5 Å². The second-order valence-corrected chi connectivity index (χ2v) is 7.30. The normalized spacial score (nSPS) is 12.8. The first-order valence-electron chi connectivity index (χ1n) is 9.37. The highest BCUT2D eigenvalue weighted by molar-refractivity contribution is 6.29. The first-order valence-corrected chi connectivity index (χ1v) is 9.75. The van der Waals surface area contributed by atoms with Gasteiger partial charge in [-0.15, -0.1) is 5.10 Å². The molecule has 2 N–H and O–H groups in total. The van der Waals surface area contributed by atoms with Gasteiger partial charge in [0.25, 0.3) is 0 Å². The van der Waals surface area contributed by atoms with Crippen molar-refractivity contribution in [2.24, 2.45) is 0 Å². The summed E-state index contributed by atoms with van der Waals surface area (Å²) in [6.45, 7) is 2.70. The molecule has 8 nitrogen and oxygen atoms in total. The van der Waals surface area contributed by atoms with Crippen LogP contribution in [0.5, 0.6) is 5.75 Å². The molecule has 1 aromatic carbocycles. The number of hydrogen-bond donors (Lipinski definition) is 1. The average molecular weight is 426 g/mol. The Kier molecular flexibility index (Phi) is 4.39. The van der Waals surface area contributed by atoms with E-state index in [1.165, 1.54) is 12.1 Å². The molecule has 1 aliphatic heterocycles. The molecule has 0 radical (unpaired) electrons. The second kappa shape index (κ2) is 7.10. The van der Waals surface area contributed by atoms with E-state index in [1.807, 2.05) is 13.0 Å². The van der Waals surface area contributed by atoms with Crippen LogP contribution in [0.3, 0.4) is 0 Å². The molecule has 4 aromatic rings. The Morgan fingerprint density at radius 2 is 2.13 bits per heavy atom. The molecule has 0 amide bonds. The summed E-state index contributed by atoms with van der Waals surface area (Å²) in [6, 6.07) is 8.00. The molecule has 0 atom stereocenters. The number of nitrogen functional groups attached to an aromatic ring is 1. The maximum Gasteiger partial charge on any atom is 0.166 e. The monoisotopic (exact) mass is 425 g/mol. The number of fused-ring (bicyclic) bond motifs is 7. The van der Waals surface area contributed by atoms with Crippen molar-refractivity contribution >= 4 is 17.4 Å². The topological polar surface area (TPSA) is 96.7 Å². The Hall–Kier alpha value is -3.46. The molecule has 2 bridgehead atoms. The molecule has 1 aliphatic rings. The lowest BCUT2D eigenvalue weighted by atomic mass is 10.1. The van der Waals surface area contributed by atoms with Crippen LogP contribution >= 0.6 is 11.6 Å². The molecular weight excluding hydrogens is 409 g/mol. The van der Waals surface area contributed by atoms with Gasteiger partial charge in [0.2, 0.25) is 0 Å². The Morgan fingerprint density at radius 3 is 2.97 bits per heavy atom. The summed E-state index contributed by atoms with van der Waals surface area (Å²) in [4.78, 5) is 4.28. The van der Waals surface area contributed by atoms with E-state index in [0.29, 0.717) is 35.1 Å². The summed E-state index contributed by atoms with van der Waals surface area (Å²) in [5, 5.41) is 13.4. The van der Waals surface area contributed by atoms with Gasteiger partial charge in [-0.1, -0.05) is 16.8 Å². The van der Waals surface area contributed by atoms with Crippen LogP contribution in [0.2, 0.25) is 5.15 Å².